The molecule has 0 aliphatic carbocycles. The normalized spacial score (nSPS) is 8.22. The van der Waals surface area contributed by atoms with E-state index in [-0.39, 0.29) is 9.90 Å². The Bertz CT molecular complexity index is 169. The predicted octanol–water partition coefficient (Wildman–Crippen LogP) is 3.11. The molecule has 0 radical (unpaired) electrons. The molecule has 0 nitrogen and oxygen atoms in total. The van der Waals surface area contributed by atoms with Crippen molar-refractivity contribution in [2.45, 2.75) is 0 Å². The first-order valence-electron chi connectivity index (χ1n) is 2.21. The van der Waals surface area contributed by atoms with Gasteiger partial charge in [0, 0.05) is 8.04 Å². The maximum atomic E-state index is 3.39. The summed E-state index contributed by atoms with van der Waals surface area (Å²) in [6.07, 6.45) is 0. The first kappa shape index (κ1) is 9.86. The first-order valence-corrected chi connectivity index (χ1v) is 4.08. The lowest BCUT2D eigenvalue weighted by Gasteiger charge is -1.89. The minimum absolute atomic E-state index is 0. The Morgan fingerprint density at radius 2 is 1.78 bits per heavy atom. The van der Waals surface area contributed by atoms with E-state index in [1.807, 2.05) is 18.2 Å². The van der Waals surface area contributed by atoms with Crippen molar-refractivity contribution in [3.05, 3.63) is 32.3 Å². The molecule has 50 valence electrons. The predicted molar refractivity (Wildman–Crippen MR) is 58.0 cm³/mol. The van der Waals surface area contributed by atoms with E-state index < -0.39 is 0 Å². The van der Waals surface area contributed by atoms with Crippen LogP contribution in [0.15, 0.2) is 28.7 Å². The van der Waals surface area contributed by atoms with Crippen LogP contribution in [0.2, 0.25) is 0 Å². The van der Waals surface area contributed by atoms with Gasteiger partial charge in [0.15, 0.2) is 0 Å². The van der Waals surface area contributed by atoms with Gasteiger partial charge in [-0.15, -0.1) is 0 Å². The molecular formula is C6H7BrIP. The van der Waals surface area contributed by atoms with Crippen LogP contribution in [0, 0.1) is 3.57 Å². The SMILES string of the molecule is Brc1ccccc1I.P. The van der Waals surface area contributed by atoms with Crippen molar-refractivity contribution in [1.82, 2.24) is 0 Å². The molecule has 9 heavy (non-hydrogen) atoms. The van der Waals surface area contributed by atoms with Gasteiger partial charge in [0.05, 0.1) is 0 Å². The molecule has 0 amide bonds. The average Bonchev–Trinajstić information content (AvgIpc) is 1.77. The summed E-state index contributed by atoms with van der Waals surface area (Å²) in [6, 6.07) is 8.12. The van der Waals surface area contributed by atoms with Crippen LogP contribution in [-0.4, -0.2) is 0 Å². The van der Waals surface area contributed by atoms with E-state index in [1.54, 1.807) is 0 Å². The van der Waals surface area contributed by atoms with E-state index in [0.717, 1.165) is 0 Å². The van der Waals surface area contributed by atoms with Crippen LogP contribution in [0.3, 0.4) is 0 Å². The highest BCUT2D eigenvalue weighted by molar-refractivity contribution is 14.1. The fraction of sp³-hybridized carbons (Fsp3) is 0. The van der Waals surface area contributed by atoms with Gasteiger partial charge in [0.1, 0.15) is 0 Å². The molecular weight excluding hydrogens is 310 g/mol. The molecule has 0 saturated heterocycles. The zero-order chi connectivity index (χ0) is 5.98. The minimum atomic E-state index is 0. The molecule has 0 spiro atoms. The van der Waals surface area contributed by atoms with E-state index in [2.05, 4.69) is 44.6 Å². The van der Waals surface area contributed by atoms with Crippen LogP contribution in [-0.2, 0) is 0 Å². The summed E-state index contributed by atoms with van der Waals surface area (Å²) in [4.78, 5) is 0. The summed E-state index contributed by atoms with van der Waals surface area (Å²) >= 11 is 5.67. The highest BCUT2D eigenvalue weighted by atomic mass is 127. The Morgan fingerprint density at radius 1 is 1.22 bits per heavy atom. The third kappa shape index (κ3) is 2.96. The molecule has 1 unspecified atom stereocenters. The molecule has 1 atom stereocenters. The Labute approximate surface area is 80.3 Å². The molecule has 1 aromatic rings. The first-order chi connectivity index (χ1) is 3.80. The highest BCUT2D eigenvalue weighted by Gasteiger charge is 1.88. The van der Waals surface area contributed by atoms with E-state index in [1.165, 1.54) is 8.04 Å². The van der Waals surface area contributed by atoms with Crippen LogP contribution in [0.5, 0.6) is 0 Å². The van der Waals surface area contributed by atoms with Crippen LogP contribution >= 0.6 is 48.4 Å². The molecule has 3 heteroatoms. The van der Waals surface area contributed by atoms with Crippen molar-refractivity contribution in [3.63, 3.8) is 0 Å². The van der Waals surface area contributed by atoms with Crippen LogP contribution < -0.4 is 0 Å². The van der Waals surface area contributed by atoms with Gasteiger partial charge in [0.25, 0.3) is 0 Å². The molecule has 0 saturated carbocycles. The second-order valence-electron chi connectivity index (χ2n) is 1.41. The van der Waals surface area contributed by atoms with Crippen molar-refractivity contribution < 1.29 is 0 Å². The van der Waals surface area contributed by atoms with Gasteiger partial charge in [-0.2, -0.15) is 9.90 Å². The Kier molecular flexibility index (Phi) is 5.08. The summed E-state index contributed by atoms with van der Waals surface area (Å²) in [5.41, 5.74) is 0. The summed E-state index contributed by atoms with van der Waals surface area (Å²) in [6.45, 7) is 0. The number of benzene rings is 1. The molecule has 0 heterocycles. The Morgan fingerprint density at radius 3 is 2.11 bits per heavy atom. The van der Waals surface area contributed by atoms with E-state index >= 15 is 0 Å². The molecule has 0 fully saturated rings. The molecule has 1 aromatic carbocycles. The Hall–Kier alpha value is 0.860. The van der Waals surface area contributed by atoms with Crippen molar-refractivity contribution in [1.29, 1.82) is 0 Å². The van der Waals surface area contributed by atoms with Crippen molar-refractivity contribution in [2.75, 3.05) is 0 Å². The van der Waals surface area contributed by atoms with Gasteiger partial charge in [-0.3, -0.25) is 0 Å². The standard InChI is InChI=1S/C6H4BrI.H3P/c7-5-3-1-2-4-6(5)8;/h1-4H;1H3. The van der Waals surface area contributed by atoms with Gasteiger partial charge in [-0.1, -0.05) is 12.1 Å². The molecule has 0 N–H and O–H groups in total. The van der Waals surface area contributed by atoms with Gasteiger partial charge < -0.3 is 0 Å². The maximum absolute atomic E-state index is 3.39. The summed E-state index contributed by atoms with van der Waals surface area (Å²) in [5, 5.41) is 0. The minimum Gasteiger partial charge on any atom is -0.153 e. The third-order valence-corrected chi connectivity index (χ3v) is 3.20. The zero-order valence-electron chi connectivity index (χ0n) is 4.77. The van der Waals surface area contributed by atoms with Crippen molar-refractivity contribution in [2.24, 2.45) is 0 Å². The maximum Gasteiger partial charge on any atom is 0.0308 e. The largest absolute Gasteiger partial charge is 0.153 e. The molecule has 1 rings (SSSR count). The van der Waals surface area contributed by atoms with Gasteiger partial charge in [-0.05, 0) is 50.7 Å². The zero-order valence-corrected chi connectivity index (χ0v) is 9.93. The fourth-order valence-corrected chi connectivity index (χ4v) is 1.11. The van der Waals surface area contributed by atoms with Gasteiger partial charge in [0.2, 0.25) is 0 Å². The quantitative estimate of drug-likeness (QED) is 0.509. The summed E-state index contributed by atoms with van der Waals surface area (Å²) in [7, 11) is 0. The Balaban J connectivity index is 0.000000640. The monoisotopic (exact) mass is 316 g/mol. The molecule has 0 aromatic heterocycles. The van der Waals surface area contributed by atoms with E-state index in [4.69, 9.17) is 0 Å². The fourth-order valence-electron chi connectivity index (χ4n) is 0.439. The average molecular weight is 317 g/mol. The number of hydrogen-bond donors (Lipinski definition) is 0. The van der Waals surface area contributed by atoms with E-state index in [0.29, 0.717) is 0 Å². The smallest absolute Gasteiger partial charge is 0.0308 e. The van der Waals surface area contributed by atoms with Crippen LogP contribution in [0.25, 0.3) is 0 Å². The second kappa shape index (κ2) is 4.64. The topological polar surface area (TPSA) is 0 Å². The van der Waals surface area contributed by atoms with E-state index in [9.17, 15) is 0 Å². The van der Waals surface area contributed by atoms with Crippen molar-refractivity contribution >= 4 is 48.4 Å². The summed E-state index contributed by atoms with van der Waals surface area (Å²) in [5.74, 6) is 0. The third-order valence-electron chi connectivity index (χ3n) is 0.824. The summed E-state index contributed by atoms with van der Waals surface area (Å²) < 4.78 is 2.42. The van der Waals surface area contributed by atoms with Crippen LogP contribution in [0.1, 0.15) is 0 Å². The molecule has 0 bridgehead atoms. The van der Waals surface area contributed by atoms with Crippen LogP contribution in [0.4, 0.5) is 0 Å². The number of hydrogen-bond acceptors (Lipinski definition) is 0. The lowest BCUT2D eigenvalue weighted by atomic mass is 10.4. The highest BCUT2D eigenvalue weighted by Crippen LogP contribution is 2.16. The van der Waals surface area contributed by atoms with Gasteiger partial charge >= 0.3 is 0 Å². The van der Waals surface area contributed by atoms with Gasteiger partial charge in [-0.25, -0.2) is 0 Å². The lowest BCUT2D eigenvalue weighted by Crippen LogP contribution is -1.68. The van der Waals surface area contributed by atoms with Crippen molar-refractivity contribution in [3.8, 4) is 0 Å². The number of halogens is 2. The number of rotatable bonds is 0. The lowest BCUT2D eigenvalue weighted by molar-refractivity contribution is 1.59. The molecule has 0 aliphatic heterocycles. The molecule has 0 aliphatic rings. The second-order valence-corrected chi connectivity index (χ2v) is 3.43.